The van der Waals surface area contributed by atoms with Crippen LogP contribution in [0.1, 0.15) is 63.9 Å². The number of nitrogen functional groups attached to an aromatic ring is 1. The predicted octanol–water partition coefficient (Wildman–Crippen LogP) is 4.75. The number of nitrogens with one attached hydrogen (secondary N) is 1. The number of halogens is 3. The summed E-state index contributed by atoms with van der Waals surface area (Å²) >= 11 is 0. The molecule has 2 saturated carbocycles. The maximum atomic E-state index is 13.7. The van der Waals surface area contributed by atoms with Gasteiger partial charge in [0, 0.05) is 31.1 Å². The van der Waals surface area contributed by atoms with E-state index >= 15 is 0 Å². The molecule has 2 aliphatic rings. The fourth-order valence-corrected chi connectivity index (χ4v) is 6.91. The number of benzene rings is 1. The molecule has 43 heavy (non-hydrogen) atoms. The van der Waals surface area contributed by atoms with Crippen LogP contribution >= 0.6 is 0 Å². The van der Waals surface area contributed by atoms with Crippen molar-refractivity contribution in [1.82, 2.24) is 29.4 Å². The van der Waals surface area contributed by atoms with Crippen molar-refractivity contribution in [2.24, 2.45) is 11.8 Å². The molecule has 0 unspecified atom stereocenters. The summed E-state index contributed by atoms with van der Waals surface area (Å²) in [5, 5.41) is 22.5. The molecule has 4 aromatic rings. The molecule has 0 amide bonds. The zero-order valence-electron chi connectivity index (χ0n) is 24.7. The third-order valence-electron chi connectivity index (χ3n) is 9.43. The van der Waals surface area contributed by atoms with Gasteiger partial charge < -0.3 is 25.5 Å². The van der Waals surface area contributed by atoms with Gasteiger partial charge in [-0.15, -0.1) is 0 Å². The van der Waals surface area contributed by atoms with Gasteiger partial charge in [0.15, 0.2) is 0 Å². The maximum absolute atomic E-state index is 13.7. The Kier molecular flexibility index (Phi) is 7.67. The van der Waals surface area contributed by atoms with Crippen LogP contribution in [0, 0.1) is 11.8 Å². The highest BCUT2D eigenvalue weighted by molar-refractivity contribution is 5.86. The van der Waals surface area contributed by atoms with Gasteiger partial charge in [-0.1, -0.05) is 26.8 Å². The summed E-state index contributed by atoms with van der Waals surface area (Å²) in [5.74, 6) is 0.989. The van der Waals surface area contributed by atoms with Crippen molar-refractivity contribution < 1.29 is 23.4 Å². The molecule has 232 valence electrons. The Labute approximate surface area is 248 Å². The van der Waals surface area contributed by atoms with E-state index in [2.05, 4.69) is 53.9 Å². The highest BCUT2D eigenvalue weighted by atomic mass is 19.4. The third kappa shape index (κ3) is 6.09. The Morgan fingerprint density at radius 1 is 1.07 bits per heavy atom. The van der Waals surface area contributed by atoms with Crippen LogP contribution in [0.4, 0.5) is 19.0 Å². The van der Waals surface area contributed by atoms with Crippen LogP contribution in [-0.4, -0.2) is 77.1 Å². The Bertz CT molecular complexity index is 1590. The number of aromatic nitrogens is 5. The fourth-order valence-electron chi connectivity index (χ4n) is 6.91. The van der Waals surface area contributed by atoms with E-state index in [4.69, 9.17) is 10.7 Å². The molecule has 4 atom stereocenters. The molecule has 1 aromatic carbocycles. The topological polar surface area (TPSA) is 129 Å². The average Bonchev–Trinajstić information content (AvgIpc) is 3.58. The quantitative estimate of drug-likeness (QED) is 0.230. The van der Waals surface area contributed by atoms with Gasteiger partial charge in [-0.2, -0.15) is 13.2 Å². The number of aryl methyl sites for hydroxylation is 1. The van der Waals surface area contributed by atoms with E-state index in [-0.39, 0.29) is 18.0 Å². The first-order chi connectivity index (χ1) is 20.3. The summed E-state index contributed by atoms with van der Waals surface area (Å²) in [6.45, 7) is 5.52. The standard InChI is InChI=1S/C31H40F3N7O2/c1-30(2,3)19-5-6-22-23(13-19)39-25(38-22)7-4-17-10-20(11-17)40(15-31(32,33)34)14-18-12-24(27(43)26(18)42)41-9-8-21-28(35)36-16-37-29(21)41/h5-6,8-9,13,16-18,20,24,26-27,42-43H,4,7,10-12,14-15H2,1-3H3,(H,38,39)(H2,35,36,37)/t17-,18-,20+,24-,26-,27+/m1/s1. The number of fused-ring (bicyclic) bond motifs is 2. The number of imidazole rings is 1. The predicted molar refractivity (Wildman–Crippen MR) is 158 cm³/mol. The number of aliphatic hydroxyl groups is 2. The molecular weight excluding hydrogens is 559 g/mol. The first-order valence-corrected chi connectivity index (χ1v) is 15.0. The molecule has 12 heteroatoms. The number of alkyl halides is 3. The Balaban J connectivity index is 1.08. The van der Waals surface area contributed by atoms with E-state index in [1.165, 1.54) is 16.8 Å². The Hall–Kier alpha value is -3.22. The Morgan fingerprint density at radius 2 is 1.84 bits per heavy atom. The second-order valence-corrected chi connectivity index (χ2v) is 13.5. The van der Waals surface area contributed by atoms with Crippen molar-refractivity contribution in [3.05, 3.63) is 48.2 Å². The summed E-state index contributed by atoms with van der Waals surface area (Å²) in [7, 11) is 0. The van der Waals surface area contributed by atoms with E-state index in [1.807, 2.05) is 0 Å². The molecule has 2 aliphatic carbocycles. The number of hydrogen-bond acceptors (Lipinski definition) is 7. The maximum Gasteiger partial charge on any atom is 0.401 e. The highest BCUT2D eigenvalue weighted by Gasteiger charge is 2.46. The zero-order valence-corrected chi connectivity index (χ0v) is 24.7. The van der Waals surface area contributed by atoms with Crippen LogP contribution in [-0.2, 0) is 11.8 Å². The SMILES string of the molecule is CC(C)(C)c1ccc2[nH]c(CC[C@H]3C[C@@H](N(C[C@H]4C[C@@H](n5ccc6c(N)ncnc65)[C@H](O)[C@@H]4O)CC(F)(F)F)C3)nc2c1. The third-order valence-corrected chi connectivity index (χ3v) is 9.43. The monoisotopic (exact) mass is 599 g/mol. The van der Waals surface area contributed by atoms with E-state index in [9.17, 15) is 23.4 Å². The van der Waals surface area contributed by atoms with Gasteiger partial charge in [0.2, 0.25) is 0 Å². The lowest BCUT2D eigenvalue weighted by Gasteiger charge is -2.44. The first-order valence-electron chi connectivity index (χ1n) is 15.0. The summed E-state index contributed by atoms with van der Waals surface area (Å²) in [6.07, 6.45) is -0.351. The molecule has 3 aromatic heterocycles. The summed E-state index contributed by atoms with van der Waals surface area (Å²) in [5.41, 5.74) is 9.65. The van der Waals surface area contributed by atoms with Crippen molar-refractivity contribution in [3.8, 4) is 0 Å². The molecule has 5 N–H and O–H groups in total. The highest BCUT2D eigenvalue weighted by Crippen LogP contribution is 2.41. The largest absolute Gasteiger partial charge is 0.401 e. The lowest BCUT2D eigenvalue weighted by Crippen LogP contribution is -2.51. The molecule has 0 radical (unpaired) electrons. The molecule has 9 nitrogen and oxygen atoms in total. The Morgan fingerprint density at radius 3 is 2.56 bits per heavy atom. The van der Waals surface area contributed by atoms with E-state index in [1.54, 1.807) is 16.8 Å². The molecule has 3 heterocycles. The summed E-state index contributed by atoms with van der Waals surface area (Å²) in [4.78, 5) is 17.9. The molecule has 0 bridgehead atoms. The molecular formula is C31H40F3N7O2. The number of nitrogens with two attached hydrogens (primary N) is 1. The van der Waals surface area contributed by atoms with Gasteiger partial charge in [0.1, 0.15) is 29.7 Å². The first kappa shape index (κ1) is 29.8. The lowest BCUT2D eigenvalue weighted by molar-refractivity contribution is -0.160. The number of H-pyrrole nitrogens is 1. The smallest absolute Gasteiger partial charge is 0.390 e. The summed E-state index contributed by atoms with van der Waals surface area (Å²) in [6, 6.07) is 7.28. The van der Waals surface area contributed by atoms with Gasteiger partial charge in [0.05, 0.1) is 35.1 Å². The van der Waals surface area contributed by atoms with Crippen LogP contribution in [0.5, 0.6) is 0 Å². The van der Waals surface area contributed by atoms with Crippen LogP contribution in [0.3, 0.4) is 0 Å². The van der Waals surface area contributed by atoms with Crippen molar-refractivity contribution in [1.29, 1.82) is 0 Å². The van der Waals surface area contributed by atoms with Crippen molar-refractivity contribution in [2.75, 3.05) is 18.8 Å². The van der Waals surface area contributed by atoms with Crippen molar-refractivity contribution in [3.63, 3.8) is 0 Å². The molecule has 0 spiro atoms. The van der Waals surface area contributed by atoms with E-state index < -0.39 is 36.9 Å². The van der Waals surface area contributed by atoms with Crippen LogP contribution in [0.15, 0.2) is 36.8 Å². The number of rotatable bonds is 8. The van der Waals surface area contributed by atoms with Crippen LogP contribution in [0.25, 0.3) is 22.1 Å². The molecule has 6 rings (SSSR count). The van der Waals surface area contributed by atoms with Gasteiger partial charge in [0.25, 0.3) is 0 Å². The lowest BCUT2D eigenvalue weighted by atomic mass is 9.76. The van der Waals surface area contributed by atoms with Gasteiger partial charge in [-0.05, 0) is 60.8 Å². The van der Waals surface area contributed by atoms with E-state index in [0.29, 0.717) is 42.0 Å². The number of nitrogens with zero attached hydrogens (tertiary/aromatic N) is 5. The van der Waals surface area contributed by atoms with Gasteiger partial charge in [-0.3, -0.25) is 4.90 Å². The summed E-state index contributed by atoms with van der Waals surface area (Å²) < 4.78 is 42.7. The number of aliphatic hydroxyl groups excluding tert-OH is 2. The average molecular weight is 600 g/mol. The minimum absolute atomic E-state index is 0.0319. The molecule has 2 fully saturated rings. The van der Waals surface area contributed by atoms with Gasteiger partial charge >= 0.3 is 6.18 Å². The van der Waals surface area contributed by atoms with Crippen LogP contribution < -0.4 is 5.73 Å². The molecule has 0 saturated heterocycles. The van der Waals surface area contributed by atoms with Gasteiger partial charge in [-0.25, -0.2) is 15.0 Å². The molecule has 0 aliphatic heterocycles. The van der Waals surface area contributed by atoms with Crippen molar-refractivity contribution >= 4 is 27.9 Å². The van der Waals surface area contributed by atoms with Crippen molar-refractivity contribution in [2.45, 2.75) is 88.8 Å². The number of aromatic amines is 1. The minimum atomic E-state index is -4.36. The fraction of sp³-hybridized carbons (Fsp3) is 0.581. The number of hydrogen-bond donors (Lipinski definition) is 4. The number of anilines is 1. The second-order valence-electron chi connectivity index (χ2n) is 13.5. The zero-order chi connectivity index (χ0) is 30.7. The second kappa shape index (κ2) is 11.0. The van der Waals surface area contributed by atoms with E-state index in [0.717, 1.165) is 29.7 Å². The normalized spacial score (nSPS) is 26.5. The minimum Gasteiger partial charge on any atom is -0.390 e. The van der Waals surface area contributed by atoms with Crippen LogP contribution in [0.2, 0.25) is 0 Å².